The van der Waals surface area contributed by atoms with Gasteiger partial charge in [0.05, 0.1) is 33.9 Å². The van der Waals surface area contributed by atoms with E-state index < -0.39 is 6.10 Å². The molecule has 0 bridgehead atoms. The Labute approximate surface area is 164 Å². The van der Waals surface area contributed by atoms with Crippen molar-refractivity contribution in [3.05, 3.63) is 41.0 Å². The zero-order valence-electron chi connectivity index (χ0n) is 16.3. The number of aromatic hydroxyl groups is 1. The first-order chi connectivity index (χ1) is 13.6. The van der Waals surface area contributed by atoms with E-state index >= 15 is 0 Å². The van der Waals surface area contributed by atoms with Gasteiger partial charge in [0.25, 0.3) is 0 Å². The van der Waals surface area contributed by atoms with Gasteiger partial charge in [0.15, 0.2) is 23.0 Å². The maximum absolute atomic E-state index is 10.2. The molecular weight excluding hydrogens is 364 g/mol. The highest BCUT2D eigenvalue weighted by molar-refractivity contribution is 5.58. The lowest BCUT2D eigenvalue weighted by Crippen LogP contribution is -2.13. The van der Waals surface area contributed by atoms with Gasteiger partial charge in [-0.25, -0.2) is 0 Å². The lowest BCUT2D eigenvalue weighted by Gasteiger charge is -2.20. The van der Waals surface area contributed by atoms with Crippen LogP contribution in [-0.4, -0.2) is 49.9 Å². The normalized spacial score (nSPS) is 17.8. The number of aliphatic hydroxyl groups excluding tert-OH is 2. The van der Waals surface area contributed by atoms with E-state index in [0.717, 1.165) is 11.1 Å². The number of ether oxygens (including phenoxy) is 4. The third kappa shape index (κ3) is 3.55. The molecular formula is C21H26O7. The zero-order chi connectivity index (χ0) is 20.3. The molecule has 0 unspecified atom stereocenters. The van der Waals surface area contributed by atoms with Crippen LogP contribution >= 0.6 is 0 Å². The standard InChI is InChI=1S/C21H26O7/c1-25-16-9-13(10-17(26-2)19(16)24)20-15(11-23)14-7-12(5-4-6-22)8-18(27-3)21(14)28-20/h7-10,15,20,22-24H,4-6,11H2,1-3H3/t15-,20+/m0/s1. The minimum Gasteiger partial charge on any atom is -0.502 e. The van der Waals surface area contributed by atoms with Gasteiger partial charge in [-0.3, -0.25) is 0 Å². The van der Waals surface area contributed by atoms with E-state index in [9.17, 15) is 10.2 Å². The Morgan fingerprint density at radius 2 is 1.57 bits per heavy atom. The number of phenolic OH excluding ortho intramolecular Hbond substituents is 1. The number of rotatable bonds is 8. The number of aliphatic hydroxyl groups is 2. The summed E-state index contributed by atoms with van der Waals surface area (Å²) >= 11 is 0. The Morgan fingerprint density at radius 1 is 0.929 bits per heavy atom. The first kappa shape index (κ1) is 20.1. The molecule has 0 spiro atoms. The lowest BCUT2D eigenvalue weighted by atomic mass is 9.90. The quantitative estimate of drug-likeness (QED) is 0.637. The molecule has 0 aromatic heterocycles. The Bertz CT molecular complexity index is 809. The van der Waals surface area contributed by atoms with Crippen LogP contribution < -0.4 is 18.9 Å². The highest BCUT2D eigenvalue weighted by Crippen LogP contribution is 2.52. The molecule has 2 atom stereocenters. The van der Waals surface area contributed by atoms with Crippen molar-refractivity contribution < 1.29 is 34.3 Å². The predicted octanol–water partition coefficient (Wildman–Crippen LogP) is 2.55. The summed E-state index contributed by atoms with van der Waals surface area (Å²) < 4.78 is 22.2. The molecule has 0 amide bonds. The van der Waals surface area contributed by atoms with Gasteiger partial charge in [0.2, 0.25) is 5.75 Å². The molecule has 0 radical (unpaired) electrons. The molecule has 28 heavy (non-hydrogen) atoms. The van der Waals surface area contributed by atoms with Crippen molar-refractivity contribution in [3.63, 3.8) is 0 Å². The fraction of sp³-hybridized carbons (Fsp3) is 0.429. The third-order valence-corrected chi connectivity index (χ3v) is 5.02. The number of fused-ring (bicyclic) bond motifs is 1. The second-order valence-corrected chi connectivity index (χ2v) is 6.65. The molecule has 2 aromatic rings. The van der Waals surface area contributed by atoms with E-state index in [4.69, 9.17) is 24.1 Å². The van der Waals surface area contributed by atoms with E-state index in [1.165, 1.54) is 14.2 Å². The molecule has 7 heteroatoms. The average Bonchev–Trinajstić information content (AvgIpc) is 3.10. The SMILES string of the molecule is COc1cc([C@H]2Oc3c(OC)cc(CCCO)cc3[C@@H]2CO)cc(OC)c1O. The highest BCUT2D eigenvalue weighted by atomic mass is 16.5. The van der Waals surface area contributed by atoms with Crippen molar-refractivity contribution in [1.82, 2.24) is 0 Å². The molecule has 0 fully saturated rings. The van der Waals surface area contributed by atoms with Gasteiger partial charge >= 0.3 is 0 Å². The number of benzene rings is 2. The van der Waals surface area contributed by atoms with Gasteiger partial charge in [0.1, 0.15) is 6.10 Å². The van der Waals surface area contributed by atoms with Gasteiger partial charge in [-0.1, -0.05) is 6.07 Å². The molecule has 0 aliphatic carbocycles. The van der Waals surface area contributed by atoms with Gasteiger partial charge in [0, 0.05) is 17.7 Å². The van der Waals surface area contributed by atoms with E-state index in [1.54, 1.807) is 19.2 Å². The number of phenols is 1. The lowest BCUT2D eigenvalue weighted by molar-refractivity contribution is 0.156. The second-order valence-electron chi connectivity index (χ2n) is 6.65. The van der Waals surface area contributed by atoms with Gasteiger partial charge in [-0.15, -0.1) is 0 Å². The summed E-state index contributed by atoms with van der Waals surface area (Å²) in [7, 11) is 4.49. The van der Waals surface area contributed by atoms with E-state index in [2.05, 4.69) is 0 Å². The number of methoxy groups -OCH3 is 3. The third-order valence-electron chi connectivity index (χ3n) is 5.02. The molecule has 3 rings (SSSR count). The molecule has 0 saturated carbocycles. The van der Waals surface area contributed by atoms with Gasteiger partial charge in [-0.05, 0) is 36.6 Å². The summed E-state index contributed by atoms with van der Waals surface area (Å²) in [6.07, 6.45) is 0.844. The summed E-state index contributed by atoms with van der Waals surface area (Å²) in [5.41, 5.74) is 2.57. The zero-order valence-corrected chi connectivity index (χ0v) is 16.3. The molecule has 0 saturated heterocycles. The van der Waals surface area contributed by atoms with Crippen LogP contribution in [0.1, 0.15) is 35.1 Å². The number of aryl methyl sites for hydroxylation is 1. The smallest absolute Gasteiger partial charge is 0.200 e. The maximum Gasteiger partial charge on any atom is 0.200 e. The van der Waals surface area contributed by atoms with Crippen molar-refractivity contribution in [2.24, 2.45) is 0 Å². The van der Waals surface area contributed by atoms with Crippen LogP contribution in [0.15, 0.2) is 24.3 Å². The molecule has 1 aliphatic rings. The molecule has 152 valence electrons. The molecule has 3 N–H and O–H groups in total. The Morgan fingerprint density at radius 3 is 2.11 bits per heavy atom. The Hall–Kier alpha value is -2.64. The highest BCUT2D eigenvalue weighted by Gasteiger charge is 2.38. The van der Waals surface area contributed by atoms with Crippen molar-refractivity contribution in [3.8, 4) is 28.7 Å². The van der Waals surface area contributed by atoms with Crippen molar-refractivity contribution in [1.29, 1.82) is 0 Å². The van der Waals surface area contributed by atoms with Crippen LogP contribution in [0.3, 0.4) is 0 Å². The number of hydrogen-bond donors (Lipinski definition) is 3. The summed E-state index contributed by atoms with van der Waals surface area (Å²) in [6.45, 7) is -0.0230. The van der Waals surface area contributed by atoms with Gasteiger partial charge < -0.3 is 34.3 Å². The van der Waals surface area contributed by atoms with E-state index in [-0.39, 0.29) is 36.4 Å². The minimum atomic E-state index is -0.495. The van der Waals surface area contributed by atoms with Crippen LogP contribution in [0.4, 0.5) is 0 Å². The largest absolute Gasteiger partial charge is 0.502 e. The summed E-state index contributed by atoms with van der Waals surface area (Å²) in [5, 5.41) is 29.4. The topological polar surface area (TPSA) is 97.6 Å². The minimum absolute atomic E-state index is 0.0892. The van der Waals surface area contributed by atoms with Gasteiger partial charge in [-0.2, -0.15) is 0 Å². The van der Waals surface area contributed by atoms with Crippen molar-refractivity contribution >= 4 is 0 Å². The van der Waals surface area contributed by atoms with E-state index in [0.29, 0.717) is 29.9 Å². The monoisotopic (exact) mass is 390 g/mol. The fourth-order valence-corrected chi connectivity index (χ4v) is 3.61. The van der Waals surface area contributed by atoms with Crippen LogP contribution in [0.5, 0.6) is 28.7 Å². The fourth-order valence-electron chi connectivity index (χ4n) is 3.61. The summed E-state index contributed by atoms with van der Waals surface area (Å²) in [6, 6.07) is 7.24. The number of hydrogen-bond acceptors (Lipinski definition) is 7. The molecule has 7 nitrogen and oxygen atoms in total. The van der Waals surface area contributed by atoms with Crippen molar-refractivity contribution in [2.75, 3.05) is 34.5 Å². The second kappa shape index (κ2) is 8.58. The summed E-state index contributed by atoms with van der Waals surface area (Å²) in [4.78, 5) is 0. The molecule has 1 aliphatic heterocycles. The van der Waals surface area contributed by atoms with E-state index in [1.807, 2.05) is 12.1 Å². The Kier molecular flexibility index (Phi) is 6.16. The Balaban J connectivity index is 2.05. The molecule has 2 aromatic carbocycles. The maximum atomic E-state index is 10.2. The average molecular weight is 390 g/mol. The summed E-state index contributed by atoms with van der Waals surface area (Å²) in [5.74, 6) is 1.29. The first-order valence-corrected chi connectivity index (χ1v) is 9.11. The first-order valence-electron chi connectivity index (χ1n) is 9.11. The van der Waals surface area contributed by atoms with Crippen molar-refractivity contribution in [2.45, 2.75) is 24.9 Å². The predicted molar refractivity (Wildman–Crippen MR) is 103 cm³/mol. The van der Waals surface area contributed by atoms with Crippen LogP contribution in [0, 0.1) is 0 Å². The van der Waals surface area contributed by atoms with Crippen LogP contribution in [0.2, 0.25) is 0 Å². The molecule has 1 heterocycles. The van der Waals surface area contributed by atoms with Crippen LogP contribution in [-0.2, 0) is 6.42 Å². The van der Waals surface area contributed by atoms with Crippen LogP contribution in [0.25, 0.3) is 0 Å².